The Morgan fingerprint density at radius 1 is 1.19 bits per heavy atom. The number of hydrogen-bond donors (Lipinski definition) is 7. The van der Waals surface area contributed by atoms with Crippen LogP contribution in [0.2, 0.25) is 0 Å². The van der Waals surface area contributed by atoms with Crippen LogP contribution in [-0.2, 0) is 41.1 Å². The molecule has 3 aliphatic rings. The number of H-pyrrole nitrogens is 1. The number of anilines is 1. The number of allylic oxidation sites excluding steroid dienone is 2. The second-order valence-electron chi connectivity index (χ2n) is 14.2. The first-order valence-electron chi connectivity index (χ1n) is 17.5. The number of carbonyl (C=O) groups excluding carboxylic acids is 1. The van der Waals surface area contributed by atoms with Gasteiger partial charge in [0.2, 0.25) is 11.9 Å². The van der Waals surface area contributed by atoms with Crippen LogP contribution >= 0.6 is 45.1 Å². The zero-order chi connectivity index (χ0) is 43.3. The standard InChI is InChI=1S/C29H40BF2N8O14P3S2/c1-16-9-17(2)39-20(16)10-19-6-5-18(40(19)30(39,31)32)7-8-23(41)34-13-29(3,4)59-58-15-50-21-11-24(38-14-35-25-26(38)36-28(33)37-27(25)42)52-22(21)12-51-56(46,47)54-57(48,49)53-55(43,44)45/h5-6,9-10,14,21-22,24H,7-8,11-13,15H2,1-4H3,(H,34,41)(H,46,47)(H,48,49)(H2,43,44,45)(H3,33,36,37,42)/t21?,22-,24-/m1/s1. The van der Waals surface area contributed by atoms with Gasteiger partial charge in [-0.25, -0.2) is 18.7 Å². The van der Waals surface area contributed by atoms with Gasteiger partial charge in [-0.2, -0.15) is 13.6 Å². The molecule has 3 aromatic rings. The van der Waals surface area contributed by atoms with Crippen LogP contribution in [0.3, 0.4) is 0 Å². The summed E-state index contributed by atoms with van der Waals surface area (Å²) in [6, 6.07) is 1.72. The molecule has 22 nitrogen and oxygen atoms in total. The van der Waals surface area contributed by atoms with Gasteiger partial charge in [0, 0.05) is 54.5 Å². The van der Waals surface area contributed by atoms with E-state index in [0.717, 1.165) is 14.5 Å². The summed E-state index contributed by atoms with van der Waals surface area (Å²) < 4.78 is 94.0. The number of nitrogens with two attached hydrogens (primary N) is 1. The summed E-state index contributed by atoms with van der Waals surface area (Å²) in [7, 11) is -14.3. The van der Waals surface area contributed by atoms with E-state index >= 15 is 8.63 Å². The number of nitrogens with zero attached hydrogens (tertiary/aromatic N) is 5. The number of imidazole rings is 1. The Morgan fingerprint density at radius 3 is 2.63 bits per heavy atom. The maximum atomic E-state index is 15.8. The molecule has 6 rings (SSSR count). The first kappa shape index (κ1) is 45.5. The van der Waals surface area contributed by atoms with Crippen molar-refractivity contribution in [3.63, 3.8) is 0 Å². The van der Waals surface area contributed by atoms with Crippen molar-refractivity contribution >= 4 is 86.8 Å². The molecule has 3 unspecified atom stereocenters. The summed E-state index contributed by atoms with van der Waals surface area (Å²) in [5, 5.41) is 2.85. The summed E-state index contributed by atoms with van der Waals surface area (Å²) in [4.78, 5) is 72.8. The van der Waals surface area contributed by atoms with Gasteiger partial charge in [-0.05, 0) is 45.0 Å². The molecule has 0 spiro atoms. The van der Waals surface area contributed by atoms with Gasteiger partial charge in [-0.3, -0.25) is 23.7 Å². The van der Waals surface area contributed by atoms with E-state index in [1.54, 1.807) is 38.1 Å². The Kier molecular flexibility index (Phi) is 13.2. The van der Waals surface area contributed by atoms with Crippen molar-refractivity contribution < 1.29 is 73.8 Å². The number of carbonyl (C=O) groups is 1. The molecule has 59 heavy (non-hydrogen) atoms. The monoisotopic (exact) mass is 930 g/mol. The fourth-order valence-corrected chi connectivity index (χ4v) is 11.9. The number of aromatic amines is 1. The van der Waals surface area contributed by atoms with Gasteiger partial charge in [-0.15, -0.1) is 0 Å². The highest BCUT2D eigenvalue weighted by Crippen LogP contribution is 2.66. The van der Waals surface area contributed by atoms with Crippen molar-refractivity contribution in [2.75, 3.05) is 24.8 Å². The molecule has 3 aliphatic heterocycles. The average Bonchev–Trinajstić information content (AvgIpc) is 3.87. The van der Waals surface area contributed by atoms with Crippen LogP contribution in [0.5, 0.6) is 0 Å². The van der Waals surface area contributed by atoms with Crippen LogP contribution < -0.4 is 16.6 Å². The molecule has 0 bridgehead atoms. The molecule has 0 aliphatic carbocycles. The van der Waals surface area contributed by atoms with Crippen molar-refractivity contribution in [3.05, 3.63) is 57.5 Å². The van der Waals surface area contributed by atoms with Gasteiger partial charge in [0.25, 0.3) is 5.56 Å². The fourth-order valence-electron chi connectivity index (χ4n) is 6.69. The van der Waals surface area contributed by atoms with Crippen LogP contribution in [0.15, 0.2) is 35.0 Å². The molecule has 1 amide bonds. The largest absolute Gasteiger partial charge is 0.737 e. The second-order valence-corrected chi connectivity index (χ2v) is 21.5. The van der Waals surface area contributed by atoms with E-state index < -0.39 is 65.8 Å². The number of aryl methyl sites for hydroxylation is 2. The molecule has 1 saturated heterocycles. The molecule has 1 fully saturated rings. The van der Waals surface area contributed by atoms with E-state index in [0.29, 0.717) is 22.8 Å². The smallest absolute Gasteiger partial charge is 0.394 e. The van der Waals surface area contributed by atoms with Gasteiger partial charge in [0.15, 0.2) is 16.9 Å². The first-order valence-corrected chi connectivity index (χ1v) is 24.3. The Morgan fingerprint density at radius 2 is 1.92 bits per heavy atom. The molecule has 30 heteroatoms. The predicted octanol–water partition coefficient (Wildman–Crippen LogP) is 3.45. The van der Waals surface area contributed by atoms with E-state index in [1.165, 1.54) is 32.5 Å². The van der Waals surface area contributed by atoms with Crippen LogP contribution in [0.25, 0.3) is 17.2 Å². The summed E-state index contributed by atoms with van der Waals surface area (Å²) in [5.41, 5.74) is 7.42. The number of phosphoric acid groups is 3. The number of hydrogen-bond acceptors (Lipinski definition) is 15. The maximum absolute atomic E-state index is 15.8. The zero-order valence-corrected chi connectivity index (χ0v) is 35.9. The third-order valence-corrected chi connectivity index (χ3v) is 15.8. The Labute approximate surface area is 341 Å². The SMILES string of the molecule is Cc1cc(C)n2c1C=C1C=CC(CCC(=O)NCC(C)(C)SSCOC3C[C@H](n4cnc5c(=O)[nH]c(N)nc54)O[C@@H]3COP(=O)(O)OP(=O)(O)OP(=O)(O)O)=[N+]1[B-]2(F)F. The predicted molar refractivity (Wildman–Crippen MR) is 212 cm³/mol. The van der Waals surface area contributed by atoms with E-state index in [2.05, 4.69) is 28.9 Å². The van der Waals surface area contributed by atoms with Crippen molar-refractivity contribution in [1.29, 1.82) is 0 Å². The molecule has 0 aromatic carbocycles. The third kappa shape index (κ3) is 10.7. The number of nitrogen functional groups attached to an aromatic ring is 1. The van der Waals surface area contributed by atoms with Crippen molar-refractivity contribution in [3.8, 4) is 0 Å². The van der Waals surface area contributed by atoms with E-state index in [-0.39, 0.29) is 54.8 Å². The summed E-state index contributed by atoms with van der Waals surface area (Å²) in [6.45, 7) is 2.37. The number of rotatable bonds is 18. The van der Waals surface area contributed by atoms with Crippen molar-refractivity contribution in [2.24, 2.45) is 0 Å². The molecular formula is C29H40BF2N8O14P3S2. The molecule has 0 saturated carbocycles. The van der Waals surface area contributed by atoms with Gasteiger partial charge in [0.1, 0.15) is 24.0 Å². The highest BCUT2D eigenvalue weighted by Gasteiger charge is 2.52. The second kappa shape index (κ2) is 17.0. The highest BCUT2D eigenvalue weighted by atomic mass is 33.1. The van der Waals surface area contributed by atoms with Gasteiger partial charge in [0.05, 0.1) is 19.0 Å². The van der Waals surface area contributed by atoms with E-state index in [9.17, 15) is 33.1 Å². The number of halogens is 2. The maximum Gasteiger partial charge on any atom is 0.737 e. The average molecular weight is 931 g/mol. The molecule has 6 heterocycles. The van der Waals surface area contributed by atoms with Crippen LogP contribution in [0.1, 0.15) is 56.3 Å². The van der Waals surface area contributed by atoms with Crippen LogP contribution in [-0.4, -0.2) is 103 Å². The highest BCUT2D eigenvalue weighted by molar-refractivity contribution is 8.77. The lowest BCUT2D eigenvalue weighted by molar-refractivity contribution is -0.362. The molecule has 324 valence electrons. The van der Waals surface area contributed by atoms with Gasteiger partial charge < -0.3 is 57.7 Å². The number of ether oxygens (including phenoxy) is 2. The minimum atomic E-state index is -5.79. The normalized spacial score (nSPS) is 22.3. The number of aromatic nitrogens is 5. The lowest BCUT2D eigenvalue weighted by atomic mass is 9.90. The van der Waals surface area contributed by atoms with E-state index in [1.807, 2.05) is 13.8 Å². The van der Waals surface area contributed by atoms with E-state index in [4.69, 9.17) is 29.5 Å². The van der Waals surface area contributed by atoms with Crippen LogP contribution in [0, 0.1) is 13.8 Å². The Balaban J connectivity index is 1.03. The first-order chi connectivity index (χ1) is 27.3. The Bertz CT molecular complexity index is 2460. The van der Waals surface area contributed by atoms with Gasteiger partial charge >= 0.3 is 30.4 Å². The zero-order valence-electron chi connectivity index (χ0n) is 31.5. The lowest BCUT2D eigenvalue weighted by Crippen LogP contribution is -2.50. The Hall–Kier alpha value is -3.00. The van der Waals surface area contributed by atoms with Crippen molar-refractivity contribution in [2.45, 2.75) is 70.1 Å². The number of nitrogens with one attached hydrogen (secondary N) is 2. The fraction of sp³-hybridized carbons (Fsp3) is 0.483. The molecule has 0 radical (unpaired) electrons. The molecule has 8 N–H and O–H groups in total. The lowest BCUT2D eigenvalue weighted by Gasteiger charge is -2.30. The minimum Gasteiger partial charge on any atom is -0.394 e. The quantitative estimate of drug-likeness (QED) is 0.0316. The minimum absolute atomic E-state index is 0.0154. The van der Waals surface area contributed by atoms with Gasteiger partial charge in [-0.1, -0.05) is 21.6 Å². The van der Waals surface area contributed by atoms with Crippen molar-refractivity contribution in [1.82, 2.24) is 29.3 Å². The summed E-state index contributed by atoms with van der Waals surface area (Å²) in [5.74, 6) is -0.562. The topological polar surface area (TPSA) is 305 Å². The van der Waals surface area contributed by atoms with Crippen LogP contribution in [0.4, 0.5) is 14.6 Å². The molecule has 5 atom stereocenters. The number of phosphoric ester groups is 1. The number of amides is 1. The summed E-state index contributed by atoms with van der Waals surface area (Å²) in [6.07, 6.45) is 3.22. The third-order valence-electron chi connectivity index (χ3n) is 9.10. The summed E-state index contributed by atoms with van der Waals surface area (Å²) >= 11 is 0. The number of fused-ring (bicyclic) bond motifs is 3. The molecular weight excluding hydrogens is 890 g/mol. The molecule has 3 aromatic heterocycles.